The predicted octanol–water partition coefficient (Wildman–Crippen LogP) is 17.2. The van der Waals surface area contributed by atoms with Crippen LogP contribution in [0.2, 0.25) is 0 Å². The molecule has 1 aromatic heterocycles. The van der Waals surface area contributed by atoms with Crippen LogP contribution in [0, 0.1) is 0 Å². The van der Waals surface area contributed by atoms with Crippen molar-refractivity contribution < 1.29 is 4.42 Å². The number of benzene rings is 10. The second-order valence-electron chi connectivity index (χ2n) is 17.3. The Bertz CT molecular complexity index is 3520. The van der Waals surface area contributed by atoms with Gasteiger partial charge in [0.05, 0.1) is 0 Å². The fourth-order valence-electron chi connectivity index (χ4n) is 9.98. The van der Waals surface area contributed by atoms with Gasteiger partial charge in [-0.15, -0.1) is 0 Å². The van der Waals surface area contributed by atoms with Gasteiger partial charge < -0.3 is 9.32 Å². The molecule has 0 saturated carbocycles. The quantitative estimate of drug-likeness (QED) is 0.160. The van der Waals surface area contributed by atoms with E-state index in [2.05, 4.69) is 231 Å². The maximum Gasteiger partial charge on any atom is 0.135 e. The van der Waals surface area contributed by atoms with Crippen molar-refractivity contribution in [1.82, 2.24) is 0 Å². The standard InChI is InChI=1S/C61H43NO/c1-61(2)57-38-46(40-12-4-3-5-13-40)26-33-53(57)54-34-32-50(39-58(54)61)62(49-30-24-42(25-31-49)45-27-35-60-56(37-45)55-19-8-9-21-59(55)63-60)48-28-22-41(23-29-48)44-16-10-17-47(36-44)52-20-11-15-43-14-6-7-18-51(43)52/h3-39H,1-2H3. The fourth-order valence-corrected chi connectivity index (χ4v) is 9.98. The number of fused-ring (bicyclic) bond motifs is 7. The minimum Gasteiger partial charge on any atom is -0.456 e. The lowest BCUT2D eigenvalue weighted by Crippen LogP contribution is -2.16. The van der Waals surface area contributed by atoms with Crippen molar-refractivity contribution in [2.45, 2.75) is 19.3 Å². The summed E-state index contributed by atoms with van der Waals surface area (Å²) >= 11 is 0. The van der Waals surface area contributed by atoms with Gasteiger partial charge in [0.2, 0.25) is 0 Å². The molecule has 298 valence electrons. The molecule has 0 fully saturated rings. The molecule has 0 radical (unpaired) electrons. The van der Waals surface area contributed by atoms with Crippen LogP contribution in [-0.4, -0.2) is 0 Å². The van der Waals surface area contributed by atoms with E-state index in [9.17, 15) is 0 Å². The summed E-state index contributed by atoms with van der Waals surface area (Å²) in [6.07, 6.45) is 0. The molecule has 0 unspecified atom stereocenters. The SMILES string of the molecule is CC1(C)c2cc(-c3ccccc3)ccc2-c2ccc(N(c3ccc(-c4cccc(-c5cccc6ccccc56)c4)cc3)c3ccc(-c4ccc5oc6ccccc6c5c4)cc3)cc21. The molecule has 63 heavy (non-hydrogen) atoms. The molecule has 0 amide bonds. The van der Waals surface area contributed by atoms with E-state index in [1.807, 2.05) is 12.1 Å². The molecule has 10 aromatic carbocycles. The topological polar surface area (TPSA) is 16.4 Å². The highest BCUT2D eigenvalue weighted by Crippen LogP contribution is 2.52. The largest absolute Gasteiger partial charge is 0.456 e. The summed E-state index contributed by atoms with van der Waals surface area (Å²) in [5.41, 5.74) is 19.9. The average Bonchev–Trinajstić information content (AvgIpc) is 3.83. The minimum atomic E-state index is -0.185. The Morgan fingerprint density at radius 2 is 0.825 bits per heavy atom. The van der Waals surface area contributed by atoms with E-state index in [0.717, 1.165) is 50.1 Å². The predicted molar refractivity (Wildman–Crippen MR) is 265 cm³/mol. The number of anilines is 3. The van der Waals surface area contributed by atoms with Crippen LogP contribution in [0.5, 0.6) is 0 Å². The van der Waals surface area contributed by atoms with Gasteiger partial charge in [0, 0.05) is 33.2 Å². The molecule has 0 spiro atoms. The van der Waals surface area contributed by atoms with E-state index >= 15 is 0 Å². The van der Waals surface area contributed by atoms with Gasteiger partial charge in [0.1, 0.15) is 11.2 Å². The third kappa shape index (κ3) is 6.25. The van der Waals surface area contributed by atoms with Crippen LogP contribution in [0.3, 0.4) is 0 Å². The number of rotatable bonds is 7. The van der Waals surface area contributed by atoms with Crippen molar-refractivity contribution in [3.63, 3.8) is 0 Å². The summed E-state index contributed by atoms with van der Waals surface area (Å²) in [4.78, 5) is 2.40. The summed E-state index contributed by atoms with van der Waals surface area (Å²) in [6.45, 7) is 4.74. The molecular weight excluding hydrogens is 763 g/mol. The lowest BCUT2D eigenvalue weighted by molar-refractivity contribution is 0.660. The Labute approximate surface area is 368 Å². The monoisotopic (exact) mass is 805 g/mol. The summed E-state index contributed by atoms with van der Waals surface area (Å²) < 4.78 is 6.16. The van der Waals surface area contributed by atoms with Crippen molar-refractivity contribution in [3.8, 4) is 55.6 Å². The zero-order chi connectivity index (χ0) is 42.1. The lowest BCUT2D eigenvalue weighted by Gasteiger charge is -2.28. The van der Waals surface area contributed by atoms with E-state index in [-0.39, 0.29) is 5.41 Å². The maximum absolute atomic E-state index is 6.16. The number of nitrogens with zero attached hydrogens (tertiary/aromatic N) is 1. The Morgan fingerprint density at radius 3 is 1.60 bits per heavy atom. The van der Waals surface area contributed by atoms with Gasteiger partial charge in [0.15, 0.2) is 0 Å². The van der Waals surface area contributed by atoms with Gasteiger partial charge in [-0.1, -0.05) is 172 Å². The van der Waals surface area contributed by atoms with Crippen LogP contribution in [0.1, 0.15) is 25.0 Å². The van der Waals surface area contributed by atoms with E-state index in [4.69, 9.17) is 4.42 Å². The van der Waals surface area contributed by atoms with Crippen molar-refractivity contribution in [1.29, 1.82) is 0 Å². The molecule has 0 bridgehead atoms. The average molecular weight is 806 g/mol. The highest BCUT2D eigenvalue weighted by Gasteiger charge is 2.36. The van der Waals surface area contributed by atoms with Gasteiger partial charge in [-0.25, -0.2) is 0 Å². The minimum absolute atomic E-state index is 0.185. The summed E-state index contributed by atoms with van der Waals surface area (Å²) in [7, 11) is 0. The van der Waals surface area contributed by atoms with Crippen LogP contribution in [-0.2, 0) is 5.41 Å². The lowest BCUT2D eigenvalue weighted by atomic mass is 9.81. The highest BCUT2D eigenvalue weighted by molar-refractivity contribution is 6.06. The first-order valence-corrected chi connectivity index (χ1v) is 21.8. The molecule has 11 aromatic rings. The van der Waals surface area contributed by atoms with Crippen LogP contribution < -0.4 is 4.90 Å². The molecule has 2 heteroatoms. The Kier molecular flexibility index (Phi) is 8.55. The van der Waals surface area contributed by atoms with Crippen LogP contribution in [0.15, 0.2) is 229 Å². The second-order valence-corrected chi connectivity index (χ2v) is 17.3. The normalized spacial score (nSPS) is 12.7. The third-order valence-electron chi connectivity index (χ3n) is 13.3. The van der Waals surface area contributed by atoms with E-state index in [1.165, 1.54) is 66.4 Å². The fraction of sp³-hybridized carbons (Fsp3) is 0.0492. The first-order valence-electron chi connectivity index (χ1n) is 21.8. The molecule has 0 atom stereocenters. The van der Waals surface area contributed by atoms with Gasteiger partial charge in [-0.2, -0.15) is 0 Å². The Hall–Kier alpha value is -7.94. The molecule has 1 aliphatic carbocycles. The van der Waals surface area contributed by atoms with Gasteiger partial charge >= 0.3 is 0 Å². The Morgan fingerprint density at radius 1 is 0.317 bits per heavy atom. The molecule has 2 nitrogen and oxygen atoms in total. The van der Waals surface area contributed by atoms with Crippen LogP contribution in [0.4, 0.5) is 17.1 Å². The van der Waals surface area contributed by atoms with Crippen LogP contribution >= 0.6 is 0 Å². The maximum atomic E-state index is 6.16. The zero-order valence-corrected chi connectivity index (χ0v) is 35.2. The highest BCUT2D eigenvalue weighted by atomic mass is 16.3. The molecule has 12 rings (SSSR count). The third-order valence-corrected chi connectivity index (χ3v) is 13.3. The zero-order valence-electron chi connectivity index (χ0n) is 35.2. The van der Waals surface area contributed by atoms with Crippen molar-refractivity contribution in [2.75, 3.05) is 4.90 Å². The molecule has 0 N–H and O–H groups in total. The van der Waals surface area contributed by atoms with Crippen molar-refractivity contribution >= 4 is 49.8 Å². The van der Waals surface area contributed by atoms with E-state index < -0.39 is 0 Å². The second kappa shape index (κ2) is 14.6. The Balaban J connectivity index is 0.937. The van der Waals surface area contributed by atoms with Gasteiger partial charge in [-0.05, 0) is 144 Å². The van der Waals surface area contributed by atoms with Gasteiger partial charge in [0.25, 0.3) is 0 Å². The molecule has 0 aliphatic heterocycles. The molecular formula is C61H43NO. The molecule has 1 aliphatic rings. The summed E-state index contributed by atoms with van der Waals surface area (Å²) in [5.74, 6) is 0. The first-order chi connectivity index (χ1) is 31.0. The molecule has 1 heterocycles. The van der Waals surface area contributed by atoms with E-state index in [0.29, 0.717) is 0 Å². The first kappa shape index (κ1) is 36.9. The van der Waals surface area contributed by atoms with Crippen LogP contribution in [0.25, 0.3) is 88.3 Å². The number of hydrogen-bond acceptors (Lipinski definition) is 2. The number of hydrogen-bond donors (Lipinski definition) is 0. The van der Waals surface area contributed by atoms with Crippen molar-refractivity contribution in [3.05, 3.63) is 236 Å². The van der Waals surface area contributed by atoms with E-state index in [1.54, 1.807) is 0 Å². The number of para-hydroxylation sites is 1. The smallest absolute Gasteiger partial charge is 0.135 e. The summed E-state index contributed by atoms with van der Waals surface area (Å²) in [5, 5.41) is 4.79. The van der Waals surface area contributed by atoms with Gasteiger partial charge in [-0.3, -0.25) is 0 Å². The molecule has 0 saturated heterocycles. The summed E-state index contributed by atoms with van der Waals surface area (Å²) in [6, 6.07) is 81.7. The number of furan rings is 1. The van der Waals surface area contributed by atoms with Crippen molar-refractivity contribution in [2.24, 2.45) is 0 Å².